The molecule has 0 aliphatic rings. The molecular weight excluding hydrogens is 242 g/mol. The van der Waals surface area contributed by atoms with Gasteiger partial charge in [-0.2, -0.15) is 0 Å². The van der Waals surface area contributed by atoms with Crippen molar-refractivity contribution in [1.82, 2.24) is 4.72 Å². The number of rotatable bonds is 4. The number of alkyl halides is 1. The Morgan fingerprint density at radius 1 is 1.33 bits per heavy atom. The van der Waals surface area contributed by atoms with Crippen LogP contribution in [-0.4, -0.2) is 19.6 Å². The van der Waals surface area contributed by atoms with E-state index in [2.05, 4.69) is 41.4 Å². The second kappa shape index (κ2) is 4.58. The molecule has 0 saturated heterocycles. The number of halogens is 1. The largest absolute Gasteiger partial charge is 0.221 e. The summed E-state index contributed by atoms with van der Waals surface area (Å²) >= 11 is 2.90. The van der Waals surface area contributed by atoms with Crippen LogP contribution in [0.25, 0.3) is 0 Å². The summed E-state index contributed by atoms with van der Waals surface area (Å²) < 4.78 is 24.3. The minimum Gasteiger partial charge on any atom is -0.214 e. The Morgan fingerprint density at radius 2 is 1.83 bits per heavy atom. The molecule has 0 aliphatic carbocycles. The molecule has 0 aromatic carbocycles. The van der Waals surface area contributed by atoms with Gasteiger partial charge in [0.25, 0.3) is 0 Å². The standard InChI is InChI=1S/C7H16BrNO2S/c1-7(2,3)4-5-9-12(10,11)6-8/h9H,4-6H2,1-3H3. The summed E-state index contributed by atoms with van der Waals surface area (Å²) in [7, 11) is -3.08. The van der Waals surface area contributed by atoms with Gasteiger partial charge in [-0.1, -0.05) is 36.7 Å². The minimum absolute atomic E-state index is 0.0237. The van der Waals surface area contributed by atoms with Gasteiger partial charge in [0, 0.05) is 6.54 Å². The van der Waals surface area contributed by atoms with Crippen LogP contribution in [0.3, 0.4) is 0 Å². The Kier molecular flexibility index (Phi) is 4.73. The van der Waals surface area contributed by atoms with Crippen molar-refractivity contribution in [2.24, 2.45) is 5.41 Å². The lowest BCUT2D eigenvalue weighted by Gasteiger charge is -2.17. The minimum atomic E-state index is -3.08. The van der Waals surface area contributed by atoms with Crippen molar-refractivity contribution in [3.8, 4) is 0 Å². The van der Waals surface area contributed by atoms with E-state index in [4.69, 9.17) is 0 Å². The van der Waals surface area contributed by atoms with E-state index < -0.39 is 10.0 Å². The van der Waals surface area contributed by atoms with Gasteiger partial charge in [-0.15, -0.1) is 0 Å². The normalized spacial score (nSPS) is 13.3. The van der Waals surface area contributed by atoms with Crippen molar-refractivity contribution in [3.63, 3.8) is 0 Å². The molecular formula is C7H16BrNO2S. The fourth-order valence-corrected chi connectivity index (χ4v) is 1.60. The molecule has 1 N–H and O–H groups in total. The summed E-state index contributed by atoms with van der Waals surface area (Å²) in [6.45, 7) is 6.75. The van der Waals surface area contributed by atoms with E-state index in [0.29, 0.717) is 6.54 Å². The van der Waals surface area contributed by atoms with Gasteiger partial charge in [0.15, 0.2) is 0 Å². The highest BCUT2D eigenvalue weighted by Crippen LogP contribution is 2.17. The van der Waals surface area contributed by atoms with Crippen LogP contribution in [-0.2, 0) is 10.0 Å². The molecule has 0 radical (unpaired) electrons. The van der Waals surface area contributed by atoms with E-state index >= 15 is 0 Å². The molecule has 0 saturated carbocycles. The van der Waals surface area contributed by atoms with Crippen LogP contribution in [0.1, 0.15) is 27.2 Å². The van der Waals surface area contributed by atoms with Gasteiger partial charge in [0.1, 0.15) is 4.66 Å². The van der Waals surface area contributed by atoms with Crippen molar-refractivity contribution in [2.75, 3.05) is 11.2 Å². The van der Waals surface area contributed by atoms with Crippen molar-refractivity contribution in [2.45, 2.75) is 27.2 Å². The van der Waals surface area contributed by atoms with Gasteiger partial charge < -0.3 is 0 Å². The molecule has 0 aromatic heterocycles. The van der Waals surface area contributed by atoms with Gasteiger partial charge in [-0.25, -0.2) is 13.1 Å². The maximum absolute atomic E-state index is 10.9. The first-order chi connectivity index (χ1) is 5.27. The van der Waals surface area contributed by atoms with E-state index in [0.717, 1.165) is 6.42 Å². The van der Waals surface area contributed by atoms with Crippen LogP contribution >= 0.6 is 15.9 Å². The van der Waals surface area contributed by atoms with Gasteiger partial charge >= 0.3 is 0 Å². The van der Waals surface area contributed by atoms with Crippen LogP contribution in [0, 0.1) is 5.41 Å². The smallest absolute Gasteiger partial charge is 0.214 e. The molecule has 5 heteroatoms. The predicted molar refractivity (Wildman–Crippen MR) is 54.8 cm³/mol. The lowest BCUT2D eigenvalue weighted by atomic mass is 9.93. The SMILES string of the molecule is CC(C)(C)CCNS(=O)(=O)CBr. The fraction of sp³-hybridized carbons (Fsp3) is 1.00. The monoisotopic (exact) mass is 257 g/mol. The lowest BCUT2D eigenvalue weighted by molar-refractivity contribution is 0.378. The zero-order valence-electron chi connectivity index (χ0n) is 7.72. The van der Waals surface area contributed by atoms with E-state index in [1.165, 1.54) is 0 Å². The number of hydrogen-bond donors (Lipinski definition) is 1. The third-order valence-corrected chi connectivity index (χ3v) is 4.08. The van der Waals surface area contributed by atoms with Crippen LogP contribution in [0.15, 0.2) is 0 Å². The molecule has 0 aromatic rings. The third kappa shape index (κ3) is 7.06. The summed E-state index contributed by atoms with van der Waals surface area (Å²) in [5.74, 6) is 0. The molecule has 0 atom stereocenters. The Balaban J connectivity index is 3.73. The van der Waals surface area contributed by atoms with E-state index in [1.54, 1.807) is 0 Å². The van der Waals surface area contributed by atoms with Crippen molar-refractivity contribution in [3.05, 3.63) is 0 Å². The van der Waals surface area contributed by atoms with Crippen LogP contribution in [0.5, 0.6) is 0 Å². The van der Waals surface area contributed by atoms with Gasteiger partial charge in [-0.3, -0.25) is 0 Å². The van der Waals surface area contributed by atoms with E-state index in [1.807, 2.05) is 0 Å². The Bertz CT molecular complexity index is 218. The van der Waals surface area contributed by atoms with Crippen LogP contribution < -0.4 is 4.72 Å². The number of hydrogen-bond acceptors (Lipinski definition) is 2. The Hall–Kier alpha value is 0.390. The molecule has 12 heavy (non-hydrogen) atoms. The molecule has 0 amide bonds. The van der Waals surface area contributed by atoms with Gasteiger partial charge in [0.2, 0.25) is 10.0 Å². The van der Waals surface area contributed by atoms with E-state index in [-0.39, 0.29) is 10.1 Å². The third-order valence-electron chi connectivity index (χ3n) is 1.34. The predicted octanol–water partition coefficient (Wildman–Crippen LogP) is 1.69. The van der Waals surface area contributed by atoms with Crippen LogP contribution in [0.4, 0.5) is 0 Å². The summed E-state index contributed by atoms with van der Waals surface area (Å²) in [5, 5.41) is 0. The second-order valence-electron chi connectivity index (χ2n) is 3.93. The summed E-state index contributed by atoms with van der Waals surface area (Å²) in [4.78, 5) is 0. The zero-order chi connectivity index (χ0) is 9.83. The lowest BCUT2D eigenvalue weighted by Crippen LogP contribution is -2.27. The molecule has 3 nitrogen and oxygen atoms in total. The fourth-order valence-electron chi connectivity index (χ4n) is 0.620. The number of nitrogens with one attached hydrogen (secondary N) is 1. The maximum atomic E-state index is 10.9. The Labute approximate surface area is 83.1 Å². The molecule has 0 fully saturated rings. The molecule has 0 rings (SSSR count). The van der Waals surface area contributed by atoms with E-state index in [9.17, 15) is 8.42 Å². The van der Waals surface area contributed by atoms with Gasteiger partial charge in [-0.05, 0) is 11.8 Å². The maximum Gasteiger partial charge on any atom is 0.221 e. The van der Waals surface area contributed by atoms with Crippen molar-refractivity contribution in [1.29, 1.82) is 0 Å². The summed E-state index contributed by atoms with van der Waals surface area (Å²) in [6.07, 6.45) is 0.846. The topological polar surface area (TPSA) is 46.2 Å². The quantitative estimate of drug-likeness (QED) is 0.780. The number of sulfonamides is 1. The van der Waals surface area contributed by atoms with Crippen molar-refractivity contribution >= 4 is 26.0 Å². The highest BCUT2D eigenvalue weighted by Gasteiger charge is 2.12. The highest BCUT2D eigenvalue weighted by atomic mass is 79.9. The average molecular weight is 258 g/mol. The average Bonchev–Trinajstić information content (AvgIpc) is 1.84. The summed E-state index contributed by atoms with van der Waals surface area (Å²) in [6, 6.07) is 0. The first-order valence-corrected chi connectivity index (χ1v) is 6.57. The highest BCUT2D eigenvalue weighted by molar-refractivity contribution is 9.10. The molecule has 0 spiro atoms. The molecule has 0 heterocycles. The zero-order valence-corrected chi connectivity index (χ0v) is 10.1. The second-order valence-corrected chi connectivity index (χ2v) is 7.04. The van der Waals surface area contributed by atoms with Crippen LogP contribution in [0.2, 0.25) is 0 Å². The summed E-state index contributed by atoms with van der Waals surface area (Å²) in [5.41, 5.74) is 0.175. The first-order valence-electron chi connectivity index (χ1n) is 3.80. The molecule has 0 aliphatic heterocycles. The molecule has 0 bridgehead atoms. The molecule has 0 unspecified atom stereocenters. The molecule has 74 valence electrons. The van der Waals surface area contributed by atoms with Crippen molar-refractivity contribution < 1.29 is 8.42 Å². The first kappa shape index (κ1) is 12.4. The van der Waals surface area contributed by atoms with Gasteiger partial charge in [0.05, 0.1) is 0 Å². The Morgan fingerprint density at radius 3 is 2.17 bits per heavy atom.